The van der Waals surface area contributed by atoms with Gasteiger partial charge in [-0.3, -0.25) is 0 Å². The molecular formula is C22H29NO7. The van der Waals surface area contributed by atoms with E-state index in [0.717, 1.165) is 32.2 Å². The van der Waals surface area contributed by atoms with E-state index in [4.69, 9.17) is 9.47 Å². The lowest BCUT2D eigenvalue weighted by Gasteiger charge is -2.48. The third kappa shape index (κ3) is 3.13. The maximum absolute atomic E-state index is 11.3. The van der Waals surface area contributed by atoms with Crippen molar-refractivity contribution in [3.05, 3.63) is 29.3 Å². The van der Waals surface area contributed by atoms with Crippen LogP contribution in [0.5, 0.6) is 5.75 Å². The molecule has 5 aliphatic rings. The van der Waals surface area contributed by atoms with Crippen LogP contribution in [0.1, 0.15) is 43.2 Å². The Balaban J connectivity index is 1.43. The fourth-order valence-electron chi connectivity index (χ4n) is 6.14. The summed E-state index contributed by atoms with van der Waals surface area (Å²) in [4.78, 5) is 11.3. The van der Waals surface area contributed by atoms with Gasteiger partial charge in [-0.25, -0.2) is 4.79 Å². The number of hydrogen-bond donors (Lipinski definition) is 5. The van der Waals surface area contributed by atoms with Crippen molar-refractivity contribution in [2.24, 2.45) is 5.92 Å². The lowest BCUT2D eigenvalue weighted by molar-refractivity contribution is -0.271. The van der Waals surface area contributed by atoms with Crippen LogP contribution < -0.4 is 10.1 Å². The van der Waals surface area contributed by atoms with Gasteiger partial charge in [0.25, 0.3) is 0 Å². The van der Waals surface area contributed by atoms with Crippen LogP contribution in [0.3, 0.4) is 0 Å². The third-order valence-corrected chi connectivity index (χ3v) is 7.74. The van der Waals surface area contributed by atoms with Gasteiger partial charge in [0.1, 0.15) is 24.1 Å². The van der Waals surface area contributed by atoms with Crippen LogP contribution in [0.2, 0.25) is 0 Å². The van der Waals surface area contributed by atoms with E-state index in [9.17, 15) is 25.2 Å². The second-order valence-corrected chi connectivity index (χ2v) is 9.24. The molecule has 3 aliphatic heterocycles. The van der Waals surface area contributed by atoms with E-state index in [1.165, 1.54) is 24.0 Å². The molecular weight excluding hydrogens is 390 g/mol. The van der Waals surface area contributed by atoms with Crippen LogP contribution in [0.25, 0.3) is 0 Å². The molecule has 164 valence electrons. The van der Waals surface area contributed by atoms with Crippen LogP contribution >= 0.6 is 0 Å². The molecule has 0 amide bonds. The highest BCUT2D eigenvalue weighted by Gasteiger charge is 2.50. The smallest absolute Gasteiger partial charge is 0.335 e. The summed E-state index contributed by atoms with van der Waals surface area (Å²) in [5.74, 6) is -0.310. The van der Waals surface area contributed by atoms with Gasteiger partial charge >= 0.3 is 5.97 Å². The van der Waals surface area contributed by atoms with Gasteiger partial charge in [0.2, 0.25) is 6.29 Å². The molecule has 8 heteroatoms. The number of carboxylic acids is 1. The van der Waals surface area contributed by atoms with Crippen molar-refractivity contribution in [1.29, 1.82) is 0 Å². The van der Waals surface area contributed by atoms with Crippen molar-refractivity contribution in [2.75, 3.05) is 6.54 Å². The molecule has 3 saturated heterocycles. The molecule has 6 rings (SSSR count). The molecule has 30 heavy (non-hydrogen) atoms. The van der Waals surface area contributed by atoms with Crippen LogP contribution in [-0.2, 0) is 21.4 Å². The maximum atomic E-state index is 11.3. The number of carbonyl (C=O) groups is 1. The highest BCUT2D eigenvalue weighted by molar-refractivity contribution is 5.73. The van der Waals surface area contributed by atoms with Gasteiger partial charge in [0.15, 0.2) is 6.10 Å². The molecule has 8 nitrogen and oxygen atoms in total. The van der Waals surface area contributed by atoms with Gasteiger partial charge in [0.05, 0.1) is 0 Å². The van der Waals surface area contributed by atoms with Gasteiger partial charge in [-0.05, 0) is 79.7 Å². The molecule has 4 fully saturated rings. The molecule has 2 bridgehead atoms. The molecule has 1 aromatic carbocycles. The zero-order valence-corrected chi connectivity index (χ0v) is 16.7. The zero-order chi connectivity index (χ0) is 21.0. The summed E-state index contributed by atoms with van der Waals surface area (Å²) in [7, 11) is 0. The number of aliphatic hydroxyl groups excluding tert-OH is 3. The predicted octanol–water partition coefficient (Wildman–Crippen LogP) is 0.304. The number of aryl methyl sites for hydroxylation is 1. The summed E-state index contributed by atoms with van der Waals surface area (Å²) < 4.78 is 11.1. The van der Waals surface area contributed by atoms with Crippen molar-refractivity contribution >= 4 is 5.97 Å². The molecule has 1 saturated carbocycles. The first-order valence-corrected chi connectivity index (χ1v) is 10.8. The van der Waals surface area contributed by atoms with Crippen molar-refractivity contribution in [3.63, 3.8) is 0 Å². The van der Waals surface area contributed by atoms with Gasteiger partial charge in [-0.15, -0.1) is 0 Å². The van der Waals surface area contributed by atoms with Crippen molar-refractivity contribution in [2.45, 2.75) is 80.7 Å². The topological polar surface area (TPSA) is 128 Å². The third-order valence-electron chi connectivity index (χ3n) is 7.74. The van der Waals surface area contributed by atoms with Crippen LogP contribution in [0, 0.1) is 5.92 Å². The first-order valence-electron chi connectivity index (χ1n) is 10.8. The fraction of sp³-hybridized carbons (Fsp3) is 0.682. The summed E-state index contributed by atoms with van der Waals surface area (Å²) >= 11 is 0. The summed E-state index contributed by atoms with van der Waals surface area (Å²) in [6.07, 6.45) is -1.21. The first kappa shape index (κ1) is 20.2. The molecule has 0 aromatic heterocycles. The number of nitrogens with one attached hydrogen (secondary N) is 1. The van der Waals surface area contributed by atoms with Crippen molar-refractivity contribution in [3.8, 4) is 5.75 Å². The molecule has 0 unspecified atom stereocenters. The summed E-state index contributed by atoms with van der Waals surface area (Å²) in [5.41, 5.74) is 2.74. The second kappa shape index (κ2) is 7.46. The van der Waals surface area contributed by atoms with E-state index in [0.29, 0.717) is 17.7 Å². The SMILES string of the molecule is O=C(O)[C@H]1O[C@@H](Oc2ccc3c(c2)[C@@]24CCN[C@@H](CC2)C[C@H]4CC3)[C@H](O)[C@@H](O)[C@@H]1O. The van der Waals surface area contributed by atoms with E-state index in [2.05, 4.69) is 11.4 Å². The number of rotatable bonds is 3. The maximum Gasteiger partial charge on any atom is 0.335 e. The highest BCUT2D eigenvalue weighted by atomic mass is 16.7. The Bertz CT molecular complexity index is 828. The van der Waals surface area contributed by atoms with Gasteiger partial charge < -0.3 is 35.2 Å². The van der Waals surface area contributed by atoms with Gasteiger partial charge in [-0.2, -0.15) is 0 Å². The van der Waals surface area contributed by atoms with Crippen molar-refractivity contribution < 1.29 is 34.7 Å². The Morgan fingerprint density at radius 2 is 1.97 bits per heavy atom. The van der Waals surface area contributed by atoms with E-state index in [-0.39, 0.29) is 5.41 Å². The summed E-state index contributed by atoms with van der Waals surface area (Å²) in [6.45, 7) is 1.00. The number of fused-ring (bicyclic) bond motifs is 4. The highest BCUT2D eigenvalue weighted by Crippen LogP contribution is 2.54. The van der Waals surface area contributed by atoms with E-state index < -0.39 is 36.7 Å². The van der Waals surface area contributed by atoms with Gasteiger partial charge in [0, 0.05) is 6.04 Å². The average molecular weight is 419 g/mol. The Hall–Kier alpha value is -1.71. The lowest BCUT2D eigenvalue weighted by Crippen LogP contribution is -2.61. The fourth-order valence-corrected chi connectivity index (χ4v) is 6.14. The predicted molar refractivity (Wildman–Crippen MR) is 105 cm³/mol. The minimum Gasteiger partial charge on any atom is -0.479 e. The molecule has 1 spiro atoms. The Morgan fingerprint density at radius 1 is 1.13 bits per heavy atom. The Morgan fingerprint density at radius 3 is 2.77 bits per heavy atom. The number of hydrogen-bond acceptors (Lipinski definition) is 7. The Labute approximate surface area is 174 Å². The summed E-state index contributed by atoms with van der Waals surface area (Å²) in [5, 5.41) is 43.1. The first-order chi connectivity index (χ1) is 14.4. The molecule has 3 heterocycles. The normalized spacial score (nSPS) is 42.7. The second-order valence-electron chi connectivity index (χ2n) is 9.24. The number of ether oxygens (including phenoxy) is 2. The minimum absolute atomic E-state index is 0.123. The van der Waals surface area contributed by atoms with Crippen LogP contribution in [0.15, 0.2) is 18.2 Å². The zero-order valence-electron chi connectivity index (χ0n) is 16.7. The van der Waals surface area contributed by atoms with E-state index in [1.54, 1.807) is 6.07 Å². The van der Waals surface area contributed by atoms with E-state index >= 15 is 0 Å². The van der Waals surface area contributed by atoms with E-state index in [1.807, 2.05) is 6.07 Å². The number of carboxylic acid groups (broad SMARTS) is 1. The number of aliphatic carboxylic acids is 1. The number of benzene rings is 1. The number of aliphatic hydroxyl groups is 3. The lowest BCUT2D eigenvalue weighted by atomic mass is 9.56. The molecule has 0 radical (unpaired) electrons. The Kier molecular flexibility index (Phi) is 5.02. The largest absolute Gasteiger partial charge is 0.479 e. The van der Waals surface area contributed by atoms with Crippen LogP contribution in [0.4, 0.5) is 0 Å². The standard InChI is InChI=1S/C22H29NO7/c24-16-17(25)19(20(27)28)30-21(18(16)26)29-14-4-2-11-1-3-12-9-13-5-6-22(12,7-8-23-13)15(11)10-14/h2,4,10,12-13,16-19,21,23-26H,1,3,5-9H2,(H,27,28)/t12-,13+,16+,17+,18-,19+,21-,22-/m1/s1. The monoisotopic (exact) mass is 419 g/mol. The molecule has 8 atom stereocenters. The quantitative estimate of drug-likeness (QED) is 0.473. The molecule has 2 aliphatic carbocycles. The van der Waals surface area contributed by atoms with Gasteiger partial charge in [-0.1, -0.05) is 6.07 Å². The average Bonchev–Trinajstić information content (AvgIpc) is 3.06. The summed E-state index contributed by atoms with van der Waals surface area (Å²) in [6, 6.07) is 6.48. The van der Waals surface area contributed by atoms with Crippen LogP contribution in [-0.4, -0.2) is 69.7 Å². The molecule has 5 N–H and O–H groups in total. The molecule has 1 aromatic rings. The minimum atomic E-state index is -1.73. The van der Waals surface area contributed by atoms with Crippen molar-refractivity contribution in [1.82, 2.24) is 5.32 Å².